The van der Waals surface area contributed by atoms with Crippen LogP contribution in [0.25, 0.3) is 0 Å². The van der Waals surface area contributed by atoms with Crippen LogP contribution in [-0.4, -0.2) is 28.5 Å². The SMILES string of the molecule is CCCCO[Si](CC)(CC)CCCNC. The van der Waals surface area contributed by atoms with Crippen molar-refractivity contribution in [3.8, 4) is 0 Å². The van der Waals surface area contributed by atoms with E-state index in [-0.39, 0.29) is 0 Å². The predicted molar refractivity (Wildman–Crippen MR) is 70.9 cm³/mol. The Morgan fingerprint density at radius 3 is 2.20 bits per heavy atom. The highest BCUT2D eigenvalue weighted by molar-refractivity contribution is 6.73. The molecule has 1 N–H and O–H groups in total. The first kappa shape index (κ1) is 15.1. The molecular formula is C12H29NOSi. The fourth-order valence-corrected chi connectivity index (χ4v) is 5.06. The highest BCUT2D eigenvalue weighted by Crippen LogP contribution is 2.23. The molecule has 0 aromatic carbocycles. The van der Waals surface area contributed by atoms with Gasteiger partial charge in [-0.15, -0.1) is 0 Å². The summed E-state index contributed by atoms with van der Waals surface area (Å²) in [5.41, 5.74) is 0. The molecule has 15 heavy (non-hydrogen) atoms. The average molecular weight is 231 g/mol. The first-order chi connectivity index (χ1) is 7.24. The van der Waals surface area contributed by atoms with Crippen LogP contribution in [0.2, 0.25) is 18.1 Å². The van der Waals surface area contributed by atoms with E-state index in [0.717, 1.165) is 13.2 Å². The molecule has 2 nitrogen and oxygen atoms in total. The maximum atomic E-state index is 6.23. The maximum Gasteiger partial charge on any atom is 0.192 e. The Kier molecular flexibility index (Phi) is 9.45. The van der Waals surface area contributed by atoms with Crippen LogP contribution in [-0.2, 0) is 4.43 Å². The normalized spacial score (nSPS) is 12.0. The van der Waals surface area contributed by atoms with E-state index in [4.69, 9.17) is 4.43 Å². The van der Waals surface area contributed by atoms with Gasteiger partial charge in [0.25, 0.3) is 0 Å². The van der Waals surface area contributed by atoms with Gasteiger partial charge in [0.15, 0.2) is 8.32 Å². The Morgan fingerprint density at radius 1 is 1.07 bits per heavy atom. The molecule has 0 aromatic rings. The first-order valence-electron chi connectivity index (χ1n) is 6.53. The molecule has 0 amide bonds. The number of hydrogen-bond acceptors (Lipinski definition) is 2. The highest BCUT2D eigenvalue weighted by atomic mass is 28.4. The Balaban J connectivity index is 3.93. The van der Waals surface area contributed by atoms with Crippen LogP contribution in [0, 0.1) is 0 Å². The Morgan fingerprint density at radius 2 is 1.73 bits per heavy atom. The standard InChI is InChI=1S/C12H29NOSi/c1-5-8-11-14-15(6-2,7-3)12-9-10-13-4/h13H,5-12H2,1-4H3. The summed E-state index contributed by atoms with van der Waals surface area (Å²) in [4.78, 5) is 0. The van der Waals surface area contributed by atoms with Gasteiger partial charge in [0.05, 0.1) is 0 Å². The molecule has 0 aliphatic rings. The second kappa shape index (κ2) is 9.37. The van der Waals surface area contributed by atoms with Crippen LogP contribution < -0.4 is 5.32 Å². The van der Waals surface area contributed by atoms with E-state index in [1.54, 1.807) is 0 Å². The molecule has 92 valence electrons. The van der Waals surface area contributed by atoms with Gasteiger partial charge in [-0.05, 0) is 44.6 Å². The van der Waals surface area contributed by atoms with Crippen molar-refractivity contribution < 1.29 is 4.43 Å². The van der Waals surface area contributed by atoms with Crippen LogP contribution in [0.3, 0.4) is 0 Å². The minimum absolute atomic E-state index is 0.990. The molecule has 0 atom stereocenters. The number of nitrogens with one attached hydrogen (secondary N) is 1. The fourth-order valence-electron chi connectivity index (χ4n) is 1.90. The van der Waals surface area contributed by atoms with Crippen molar-refractivity contribution in [1.82, 2.24) is 5.32 Å². The van der Waals surface area contributed by atoms with E-state index in [1.165, 1.54) is 37.4 Å². The molecule has 0 aliphatic carbocycles. The summed E-state index contributed by atoms with van der Waals surface area (Å²) in [6, 6.07) is 3.87. The molecule has 0 heterocycles. The zero-order chi connectivity index (χ0) is 11.6. The van der Waals surface area contributed by atoms with Gasteiger partial charge in [0.2, 0.25) is 0 Å². The van der Waals surface area contributed by atoms with Gasteiger partial charge in [-0.25, -0.2) is 0 Å². The minimum atomic E-state index is -1.36. The molecule has 3 heteroatoms. The fraction of sp³-hybridized carbons (Fsp3) is 1.00. The van der Waals surface area contributed by atoms with Gasteiger partial charge < -0.3 is 9.74 Å². The summed E-state index contributed by atoms with van der Waals surface area (Å²) < 4.78 is 6.23. The lowest BCUT2D eigenvalue weighted by molar-refractivity contribution is 0.290. The van der Waals surface area contributed by atoms with Crippen LogP contribution in [0.15, 0.2) is 0 Å². The van der Waals surface area contributed by atoms with Crippen molar-refractivity contribution in [2.24, 2.45) is 0 Å². The number of hydrogen-bond donors (Lipinski definition) is 1. The third kappa shape index (κ3) is 6.33. The van der Waals surface area contributed by atoms with E-state index < -0.39 is 8.32 Å². The molecule has 0 unspecified atom stereocenters. The molecule has 0 aromatic heterocycles. The monoisotopic (exact) mass is 231 g/mol. The van der Waals surface area contributed by atoms with Crippen LogP contribution >= 0.6 is 0 Å². The molecule has 0 bridgehead atoms. The van der Waals surface area contributed by atoms with Gasteiger partial charge in [-0.2, -0.15) is 0 Å². The Hall–Kier alpha value is 0.137. The average Bonchev–Trinajstić information content (AvgIpc) is 2.28. The molecule has 0 radical (unpaired) electrons. The molecule has 0 aliphatic heterocycles. The zero-order valence-electron chi connectivity index (χ0n) is 11.1. The Bertz CT molecular complexity index is 126. The third-order valence-corrected chi connectivity index (χ3v) is 7.91. The van der Waals surface area contributed by atoms with Crippen molar-refractivity contribution in [2.75, 3.05) is 20.2 Å². The molecule has 0 saturated heterocycles. The Labute approximate surface area is 96.9 Å². The maximum absolute atomic E-state index is 6.23. The van der Waals surface area contributed by atoms with E-state index in [9.17, 15) is 0 Å². The summed E-state index contributed by atoms with van der Waals surface area (Å²) in [7, 11) is 0.669. The topological polar surface area (TPSA) is 21.3 Å². The lowest BCUT2D eigenvalue weighted by Gasteiger charge is -2.29. The van der Waals surface area contributed by atoms with Crippen molar-refractivity contribution >= 4 is 8.32 Å². The third-order valence-electron chi connectivity index (χ3n) is 3.25. The van der Waals surface area contributed by atoms with Gasteiger partial charge in [-0.1, -0.05) is 27.2 Å². The zero-order valence-corrected chi connectivity index (χ0v) is 12.1. The lowest BCUT2D eigenvalue weighted by atomic mass is 10.4. The van der Waals surface area contributed by atoms with Crippen LogP contribution in [0.4, 0.5) is 0 Å². The van der Waals surface area contributed by atoms with Crippen molar-refractivity contribution in [1.29, 1.82) is 0 Å². The number of rotatable bonds is 10. The first-order valence-corrected chi connectivity index (χ1v) is 9.06. The predicted octanol–water partition coefficient (Wildman–Crippen LogP) is 3.40. The summed E-state index contributed by atoms with van der Waals surface area (Å²) in [5.74, 6) is 0. The summed E-state index contributed by atoms with van der Waals surface area (Å²) in [6.45, 7) is 8.96. The van der Waals surface area contributed by atoms with E-state index in [0.29, 0.717) is 0 Å². The molecular weight excluding hydrogens is 202 g/mol. The molecule has 0 rings (SSSR count). The largest absolute Gasteiger partial charge is 0.417 e. The van der Waals surface area contributed by atoms with Gasteiger partial charge in [0.1, 0.15) is 0 Å². The smallest absolute Gasteiger partial charge is 0.192 e. The highest BCUT2D eigenvalue weighted by Gasteiger charge is 2.29. The molecule has 0 saturated carbocycles. The van der Waals surface area contributed by atoms with E-state index >= 15 is 0 Å². The van der Waals surface area contributed by atoms with Crippen LogP contribution in [0.1, 0.15) is 40.0 Å². The second-order valence-electron chi connectivity index (χ2n) is 4.30. The summed E-state index contributed by atoms with van der Waals surface area (Å²) in [6.07, 6.45) is 3.74. The van der Waals surface area contributed by atoms with Gasteiger partial charge in [0, 0.05) is 6.61 Å². The summed E-state index contributed by atoms with van der Waals surface area (Å²) in [5, 5.41) is 3.22. The number of unbranched alkanes of at least 4 members (excludes halogenated alkanes) is 1. The van der Waals surface area contributed by atoms with E-state index in [2.05, 4.69) is 26.1 Å². The second-order valence-corrected chi connectivity index (χ2v) is 8.87. The van der Waals surface area contributed by atoms with E-state index in [1.807, 2.05) is 7.05 Å². The quantitative estimate of drug-likeness (QED) is 0.460. The van der Waals surface area contributed by atoms with Gasteiger partial charge in [-0.3, -0.25) is 0 Å². The van der Waals surface area contributed by atoms with Gasteiger partial charge >= 0.3 is 0 Å². The van der Waals surface area contributed by atoms with Crippen molar-refractivity contribution in [3.63, 3.8) is 0 Å². The minimum Gasteiger partial charge on any atom is -0.417 e. The lowest BCUT2D eigenvalue weighted by Crippen LogP contribution is -2.37. The summed E-state index contributed by atoms with van der Waals surface area (Å²) >= 11 is 0. The molecule has 0 fully saturated rings. The van der Waals surface area contributed by atoms with Crippen LogP contribution in [0.5, 0.6) is 0 Å². The molecule has 0 spiro atoms. The van der Waals surface area contributed by atoms with Crippen molar-refractivity contribution in [2.45, 2.75) is 58.2 Å². The van der Waals surface area contributed by atoms with Crippen molar-refractivity contribution in [3.05, 3.63) is 0 Å².